The van der Waals surface area contributed by atoms with Crippen LogP contribution in [-0.4, -0.2) is 39.4 Å². The lowest BCUT2D eigenvalue weighted by Crippen LogP contribution is -2.29. The second-order valence-corrected chi connectivity index (χ2v) is 6.59. The van der Waals surface area contributed by atoms with Crippen molar-refractivity contribution >= 4 is 29.5 Å². The van der Waals surface area contributed by atoms with Gasteiger partial charge < -0.3 is 5.11 Å². The van der Waals surface area contributed by atoms with Crippen LogP contribution < -0.4 is 0 Å². The molecule has 1 aromatic carbocycles. The summed E-state index contributed by atoms with van der Waals surface area (Å²) < 4.78 is 0. The third kappa shape index (κ3) is 2.68. The molecule has 1 heterocycles. The summed E-state index contributed by atoms with van der Waals surface area (Å²) in [7, 11) is 0. The first-order valence-electron chi connectivity index (χ1n) is 6.77. The summed E-state index contributed by atoms with van der Waals surface area (Å²) in [6.07, 6.45) is 1.99. The zero-order valence-corrected chi connectivity index (χ0v) is 12.2. The van der Waals surface area contributed by atoms with Crippen molar-refractivity contribution in [1.82, 2.24) is 4.90 Å². The smallest absolute Gasteiger partial charge is 0.303 e. The normalized spacial score (nSPS) is 18.8. The number of amides is 2. The lowest BCUT2D eigenvalue weighted by atomic mass is 10.1. The van der Waals surface area contributed by atoms with E-state index in [0.717, 1.165) is 12.8 Å². The van der Waals surface area contributed by atoms with E-state index in [1.807, 2.05) is 0 Å². The lowest BCUT2D eigenvalue weighted by Gasteiger charge is -2.16. The third-order valence-electron chi connectivity index (χ3n) is 3.99. The second kappa shape index (κ2) is 5.18. The van der Waals surface area contributed by atoms with Crippen molar-refractivity contribution in [3.63, 3.8) is 0 Å². The molecule has 0 unspecified atom stereocenters. The molecule has 21 heavy (non-hydrogen) atoms. The molecule has 2 amide bonds. The van der Waals surface area contributed by atoms with E-state index in [4.69, 9.17) is 5.11 Å². The predicted octanol–water partition coefficient (Wildman–Crippen LogP) is 2.23. The lowest BCUT2D eigenvalue weighted by molar-refractivity contribution is -0.138. The van der Waals surface area contributed by atoms with Gasteiger partial charge in [0.25, 0.3) is 11.8 Å². The van der Waals surface area contributed by atoms with E-state index in [-0.39, 0.29) is 29.5 Å². The Morgan fingerprint density at radius 1 is 1.19 bits per heavy atom. The highest BCUT2D eigenvalue weighted by Crippen LogP contribution is 2.51. The van der Waals surface area contributed by atoms with Crippen molar-refractivity contribution in [3.8, 4) is 0 Å². The van der Waals surface area contributed by atoms with Crippen molar-refractivity contribution in [2.75, 3.05) is 11.6 Å². The Kier molecular flexibility index (Phi) is 3.49. The van der Waals surface area contributed by atoms with Crippen molar-refractivity contribution in [2.24, 2.45) is 5.41 Å². The number of nitrogens with zero attached hydrogens (tertiary/aromatic N) is 1. The molecule has 5 nitrogen and oxygen atoms in total. The quantitative estimate of drug-likeness (QED) is 0.816. The molecule has 0 atom stereocenters. The van der Waals surface area contributed by atoms with E-state index >= 15 is 0 Å². The second-order valence-electron chi connectivity index (χ2n) is 5.63. The molecular weight excluding hydrogens is 290 g/mol. The molecule has 0 saturated heterocycles. The average molecular weight is 305 g/mol. The van der Waals surface area contributed by atoms with Gasteiger partial charge >= 0.3 is 5.97 Å². The molecule has 0 bridgehead atoms. The molecule has 1 saturated carbocycles. The fourth-order valence-corrected chi connectivity index (χ4v) is 3.91. The number of thioether (sulfide) groups is 1. The largest absolute Gasteiger partial charge is 0.481 e. The average Bonchev–Trinajstić information content (AvgIpc) is 3.16. The Balaban J connectivity index is 1.59. The van der Waals surface area contributed by atoms with Crippen LogP contribution in [0.15, 0.2) is 24.3 Å². The standard InChI is InChI=1S/C15H15NO4S/c17-12(18)7-15(5-6-15)8-21-9-16-13(19)10-3-1-2-4-11(10)14(16)20/h1-4H,5-9H2,(H,17,18). The van der Waals surface area contributed by atoms with Crippen LogP contribution in [0.1, 0.15) is 40.0 Å². The minimum Gasteiger partial charge on any atom is -0.481 e. The number of imide groups is 1. The number of rotatable bonds is 6. The molecule has 0 aromatic heterocycles. The first-order valence-corrected chi connectivity index (χ1v) is 7.93. The number of benzene rings is 1. The summed E-state index contributed by atoms with van der Waals surface area (Å²) in [4.78, 5) is 36.3. The van der Waals surface area contributed by atoms with Gasteiger partial charge in [0.2, 0.25) is 0 Å². The molecule has 0 radical (unpaired) electrons. The molecule has 1 aliphatic carbocycles. The number of carbonyl (C=O) groups excluding carboxylic acids is 2. The van der Waals surface area contributed by atoms with Crippen molar-refractivity contribution in [3.05, 3.63) is 35.4 Å². The fourth-order valence-electron chi connectivity index (χ4n) is 2.58. The number of aliphatic carboxylic acids is 1. The minimum absolute atomic E-state index is 0.130. The van der Waals surface area contributed by atoms with Crippen molar-refractivity contribution in [1.29, 1.82) is 0 Å². The van der Waals surface area contributed by atoms with E-state index in [1.165, 1.54) is 16.7 Å². The van der Waals surface area contributed by atoms with Crippen LogP contribution in [-0.2, 0) is 4.79 Å². The van der Waals surface area contributed by atoms with E-state index in [9.17, 15) is 14.4 Å². The number of carboxylic acids is 1. The molecule has 3 rings (SSSR count). The molecule has 2 aliphatic rings. The number of hydrogen-bond donors (Lipinski definition) is 1. The van der Waals surface area contributed by atoms with Crippen LogP contribution in [0.2, 0.25) is 0 Å². The third-order valence-corrected chi connectivity index (χ3v) is 5.25. The van der Waals surface area contributed by atoms with Gasteiger partial charge in [-0.1, -0.05) is 12.1 Å². The van der Waals surface area contributed by atoms with Crippen LogP contribution in [0.5, 0.6) is 0 Å². The van der Waals surface area contributed by atoms with Crippen molar-refractivity contribution in [2.45, 2.75) is 19.3 Å². The summed E-state index contributed by atoms with van der Waals surface area (Å²) in [6.45, 7) is 0. The first kappa shape index (κ1) is 14.1. The van der Waals surface area contributed by atoms with Crippen LogP contribution in [0.25, 0.3) is 0 Å². The maximum absolute atomic E-state index is 12.2. The summed E-state index contributed by atoms with van der Waals surface area (Å²) in [5.41, 5.74) is 0.777. The van der Waals surface area contributed by atoms with Crippen LogP contribution in [0.3, 0.4) is 0 Å². The summed E-state index contributed by atoms with van der Waals surface area (Å²) in [6, 6.07) is 6.81. The highest BCUT2D eigenvalue weighted by molar-refractivity contribution is 7.99. The van der Waals surface area contributed by atoms with Gasteiger partial charge in [0.15, 0.2) is 0 Å². The summed E-state index contributed by atoms with van der Waals surface area (Å²) >= 11 is 1.46. The molecule has 6 heteroatoms. The maximum Gasteiger partial charge on any atom is 0.303 e. The first-order chi connectivity index (χ1) is 10.0. The van der Waals surface area contributed by atoms with Gasteiger partial charge in [-0.05, 0) is 30.4 Å². The minimum atomic E-state index is -0.783. The number of hydrogen-bond acceptors (Lipinski definition) is 4. The monoisotopic (exact) mass is 305 g/mol. The molecule has 1 fully saturated rings. The Bertz CT molecular complexity index is 589. The van der Waals surface area contributed by atoms with Gasteiger partial charge in [0.1, 0.15) is 0 Å². The van der Waals surface area contributed by atoms with E-state index < -0.39 is 5.97 Å². The van der Waals surface area contributed by atoms with Gasteiger partial charge in [-0.2, -0.15) is 0 Å². The highest BCUT2D eigenvalue weighted by Gasteiger charge is 2.44. The maximum atomic E-state index is 12.2. The van der Waals surface area contributed by atoms with Gasteiger partial charge in [0.05, 0.1) is 23.4 Å². The molecular formula is C15H15NO4S. The van der Waals surface area contributed by atoms with E-state index in [0.29, 0.717) is 16.9 Å². The molecule has 1 N–H and O–H groups in total. The predicted molar refractivity (Wildman–Crippen MR) is 78.2 cm³/mol. The van der Waals surface area contributed by atoms with Crippen LogP contribution in [0.4, 0.5) is 0 Å². The van der Waals surface area contributed by atoms with Gasteiger partial charge in [-0.15, -0.1) is 11.8 Å². The Morgan fingerprint density at radius 3 is 2.24 bits per heavy atom. The molecule has 110 valence electrons. The SMILES string of the molecule is O=C(O)CC1(CSCN2C(=O)c3ccccc3C2=O)CC1. The zero-order valence-electron chi connectivity index (χ0n) is 11.4. The van der Waals surface area contributed by atoms with E-state index in [2.05, 4.69) is 0 Å². The molecule has 1 aromatic rings. The van der Waals surface area contributed by atoms with Crippen molar-refractivity contribution < 1.29 is 19.5 Å². The Morgan fingerprint density at radius 2 is 1.76 bits per heavy atom. The van der Waals surface area contributed by atoms with E-state index in [1.54, 1.807) is 24.3 Å². The summed E-state index contributed by atoms with van der Waals surface area (Å²) in [5.74, 6) is -0.341. The zero-order chi connectivity index (χ0) is 15.0. The Labute approximate surface area is 126 Å². The van der Waals surface area contributed by atoms with Crippen LogP contribution >= 0.6 is 11.8 Å². The van der Waals surface area contributed by atoms with Crippen LogP contribution in [0, 0.1) is 5.41 Å². The number of carbonyl (C=O) groups is 3. The van der Waals surface area contributed by atoms with Gasteiger partial charge in [-0.3, -0.25) is 19.3 Å². The van der Waals surface area contributed by atoms with Gasteiger partial charge in [0, 0.05) is 5.75 Å². The number of fused-ring (bicyclic) bond motifs is 1. The molecule has 1 aliphatic heterocycles. The summed E-state index contributed by atoms with van der Waals surface area (Å²) in [5, 5.41) is 8.87. The Hall–Kier alpha value is -1.82. The van der Waals surface area contributed by atoms with Gasteiger partial charge in [-0.25, -0.2) is 0 Å². The molecule has 0 spiro atoms. The topological polar surface area (TPSA) is 74.7 Å². The fraction of sp³-hybridized carbons (Fsp3) is 0.400. The number of carboxylic acid groups (broad SMARTS) is 1. The highest BCUT2D eigenvalue weighted by atomic mass is 32.2.